The molecule has 11 heavy (non-hydrogen) atoms. The molecule has 0 bridgehead atoms. The SMILES string of the molecule is NC1=NC(=O)NC2NNC=C12. The number of amidine groups is 1. The quantitative estimate of drug-likeness (QED) is 0.337. The van der Waals surface area contributed by atoms with Crippen LogP contribution in [0.3, 0.4) is 0 Å². The maximum atomic E-state index is 10.7. The molecule has 2 aliphatic heterocycles. The summed E-state index contributed by atoms with van der Waals surface area (Å²) in [4.78, 5) is 14.3. The first-order valence-corrected chi connectivity index (χ1v) is 3.13. The topological polar surface area (TPSA) is 91.5 Å². The number of nitrogens with one attached hydrogen (secondary N) is 3. The fourth-order valence-corrected chi connectivity index (χ4v) is 1.03. The molecule has 2 rings (SSSR count). The van der Waals surface area contributed by atoms with Gasteiger partial charge in [-0.1, -0.05) is 0 Å². The Balaban J connectivity index is 2.36. The molecule has 1 unspecified atom stereocenters. The molecule has 0 saturated heterocycles. The number of aliphatic imine (C=N–C) groups is 1. The molecular weight excluding hydrogens is 146 g/mol. The van der Waals surface area contributed by atoms with Crippen molar-refractivity contribution >= 4 is 11.9 Å². The standard InChI is InChI=1S/C5H7N5O/c6-3-2-1-7-10-4(2)9-5(11)8-3/h1,4,7,10H,(H3,6,8,9,11). The average Bonchev–Trinajstić information content (AvgIpc) is 2.34. The molecule has 0 aliphatic carbocycles. The number of amides is 2. The van der Waals surface area contributed by atoms with Crippen LogP contribution in [0.2, 0.25) is 0 Å². The van der Waals surface area contributed by atoms with Gasteiger partial charge in [0.25, 0.3) is 0 Å². The fraction of sp³-hybridized carbons (Fsp3) is 0.200. The lowest BCUT2D eigenvalue weighted by molar-refractivity contribution is 0.244. The van der Waals surface area contributed by atoms with Crippen LogP contribution in [0.5, 0.6) is 0 Å². The maximum absolute atomic E-state index is 10.7. The predicted octanol–water partition coefficient (Wildman–Crippen LogP) is -1.62. The van der Waals surface area contributed by atoms with Gasteiger partial charge < -0.3 is 16.5 Å². The summed E-state index contributed by atoms with van der Waals surface area (Å²) in [6, 6.07) is -0.416. The predicted molar refractivity (Wildman–Crippen MR) is 38.3 cm³/mol. The van der Waals surface area contributed by atoms with E-state index < -0.39 is 6.03 Å². The Morgan fingerprint density at radius 1 is 1.64 bits per heavy atom. The second kappa shape index (κ2) is 1.96. The van der Waals surface area contributed by atoms with Crippen molar-refractivity contribution in [2.75, 3.05) is 0 Å². The summed E-state index contributed by atoms with van der Waals surface area (Å²) in [5, 5.41) is 2.56. The van der Waals surface area contributed by atoms with Crippen molar-refractivity contribution in [3.8, 4) is 0 Å². The van der Waals surface area contributed by atoms with E-state index in [4.69, 9.17) is 5.73 Å². The van der Waals surface area contributed by atoms with Gasteiger partial charge in [0.15, 0.2) is 0 Å². The van der Waals surface area contributed by atoms with Gasteiger partial charge in [0, 0.05) is 6.20 Å². The second-order valence-electron chi connectivity index (χ2n) is 2.27. The van der Waals surface area contributed by atoms with Gasteiger partial charge >= 0.3 is 6.03 Å². The minimum Gasteiger partial charge on any atom is -0.383 e. The minimum absolute atomic E-state index is 0.236. The highest BCUT2D eigenvalue weighted by Gasteiger charge is 2.27. The molecule has 0 aromatic carbocycles. The molecule has 6 nitrogen and oxygen atoms in total. The molecule has 0 aromatic heterocycles. The number of nitrogens with zero attached hydrogens (tertiary/aromatic N) is 1. The summed E-state index contributed by atoms with van der Waals surface area (Å²) in [6.07, 6.45) is 1.43. The highest BCUT2D eigenvalue weighted by atomic mass is 16.2. The fourth-order valence-electron chi connectivity index (χ4n) is 1.03. The number of hydrogen-bond acceptors (Lipinski definition) is 4. The van der Waals surface area contributed by atoms with E-state index in [2.05, 4.69) is 21.2 Å². The molecule has 2 aliphatic rings. The summed E-state index contributed by atoms with van der Waals surface area (Å²) >= 11 is 0. The van der Waals surface area contributed by atoms with Crippen molar-refractivity contribution in [3.63, 3.8) is 0 Å². The molecule has 1 atom stereocenters. The van der Waals surface area contributed by atoms with Gasteiger partial charge in [-0.15, -0.1) is 0 Å². The molecular formula is C5H7N5O. The van der Waals surface area contributed by atoms with Crippen molar-refractivity contribution in [1.29, 1.82) is 0 Å². The third kappa shape index (κ3) is 0.838. The van der Waals surface area contributed by atoms with Crippen LogP contribution in [0.1, 0.15) is 0 Å². The van der Waals surface area contributed by atoms with Gasteiger partial charge in [-0.05, 0) is 0 Å². The zero-order chi connectivity index (χ0) is 7.84. The molecule has 0 radical (unpaired) electrons. The van der Waals surface area contributed by atoms with Gasteiger partial charge in [0.2, 0.25) is 0 Å². The molecule has 2 amide bonds. The summed E-state index contributed by atoms with van der Waals surface area (Å²) in [6.45, 7) is 0. The van der Waals surface area contributed by atoms with E-state index in [1.54, 1.807) is 6.20 Å². The maximum Gasteiger partial charge on any atom is 0.344 e. The van der Waals surface area contributed by atoms with Gasteiger partial charge in [0.1, 0.15) is 12.0 Å². The highest BCUT2D eigenvalue weighted by Crippen LogP contribution is 2.07. The van der Waals surface area contributed by atoms with Crippen LogP contribution < -0.4 is 21.9 Å². The molecule has 5 N–H and O–H groups in total. The first kappa shape index (κ1) is 6.17. The summed E-state index contributed by atoms with van der Waals surface area (Å²) < 4.78 is 0. The lowest BCUT2D eigenvalue weighted by Crippen LogP contribution is -2.50. The van der Waals surface area contributed by atoms with Crippen molar-refractivity contribution in [1.82, 2.24) is 16.2 Å². The van der Waals surface area contributed by atoms with Crippen molar-refractivity contribution in [2.24, 2.45) is 10.7 Å². The Hall–Kier alpha value is -1.56. The normalized spacial score (nSPS) is 28.0. The summed E-state index contributed by atoms with van der Waals surface area (Å²) in [7, 11) is 0. The van der Waals surface area contributed by atoms with E-state index in [-0.39, 0.29) is 12.0 Å². The first-order chi connectivity index (χ1) is 5.27. The van der Waals surface area contributed by atoms with E-state index in [0.29, 0.717) is 0 Å². The monoisotopic (exact) mass is 153 g/mol. The van der Waals surface area contributed by atoms with E-state index in [1.165, 1.54) is 0 Å². The third-order valence-corrected chi connectivity index (χ3v) is 1.55. The van der Waals surface area contributed by atoms with Gasteiger partial charge in [-0.2, -0.15) is 4.99 Å². The Bertz CT molecular complexity index is 268. The van der Waals surface area contributed by atoms with Crippen molar-refractivity contribution in [3.05, 3.63) is 11.8 Å². The second-order valence-corrected chi connectivity index (χ2v) is 2.27. The van der Waals surface area contributed by atoms with E-state index in [0.717, 1.165) is 5.57 Å². The van der Waals surface area contributed by atoms with Crippen LogP contribution in [0.15, 0.2) is 16.8 Å². The van der Waals surface area contributed by atoms with Crippen molar-refractivity contribution < 1.29 is 4.79 Å². The average molecular weight is 153 g/mol. The van der Waals surface area contributed by atoms with E-state index in [1.807, 2.05) is 0 Å². The molecule has 0 fully saturated rings. The zero-order valence-corrected chi connectivity index (χ0v) is 5.59. The number of rotatable bonds is 0. The van der Waals surface area contributed by atoms with Crippen LogP contribution in [0.4, 0.5) is 4.79 Å². The van der Waals surface area contributed by atoms with E-state index in [9.17, 15) is 4.79 Å². The largest absolute Gasteiger partial charge is 0.383 e. The Morgan fingerprint density at radius 2 is 2.45 bits per heavy atom. The molecule has 0 aromatic rings. The number of hydrazine groups is 1. The molecule has 6 heteroatoms. The minimum atomic E-state index is -0.416. The first-order valence-electron chi connectivity index (χ1n) is 3.13. The highest BCUT2D eigenvalue weighted by molar-refractivity contribution is 6.07. The number of carbonyl (C=O) groups is 1. The molecule has 58 valence electrons. The number of carbonyl (C=O) groups excluding carboxylic acids is 1. The van der Waals surface area contributed by atoms with E-state index >= 15 is 0 Å². The summed E-state index contributed by atoms with van der Waals surface area (Å²) in [5.74, 6) is 0.260. The summed E-state index contributed by atoms with van der Waals surface area (Å²) in [5.41, 5.74) is 11.7. The van der Waals surface area contributed by atoms with Gasteiger partial charge in [0.05, 0.1) is 5.57 Å². The van der Waals surface area contributed by atoms with Crippen LogP contribution in [-0.4, -0.2) is 18.0 Å². The zero-order valence-electron chi connectivity index (χ0n) is 5.59. The third-order valence-electron chi connectivity index (χ3n) is 1.55. The lowest BCUT2D eigenvalue weighted by atomic mass is 10.2. The van der Waals surface area contributed by atoms with Crippen LogP contribution >= 0.6 is 0 Å². The van der Waals surface area contributed by atoms with Crippen LogP contribution in [-0.2, 0) is 0 Å². The van der Waals surface area contributed by atoms with Crippen LogP contribution in [0, 0.1) is 0 Å². The lowest BCUT2D eigenvalue weighted by Gasteiger charge is -2.18. The molecule has 0 spiro atoms. The molecule has 0 saturated carbocycles. The number of nitrogens with two attached hydrogens (primary N) is 1. The van der Waals surface area contributed by atoms with Crippen LogP contribution in [0.25, 0.3) is 0 Å². The van der Waals surface area contributed by atoms with Crippen molar-refractivity contribution in [2.45, 2.75) is 6.17 Å². The Morgan fingerprint density at radius 3 is 3.27 bits per heavy atom. The Labute approximate surface area is 62.5 Å². The molecule has 2 heterocycles. The van der Waals surface area contributed by atoms with Gasteiger partial charge in [-0.3, -0.25) is 0 Å². The number of hydrogen-bond donors (Lipinski definition) is 4. The Kier molecular flexibility index (Phi) is 1.10. The number of fused-ring (bicyclic) bond motifs is 1. The van der Waals surface area contributed by atoms with Gasteiger partial charge in [-0.25, -0.2) is 10.2 Å². The smallest absolute Gasteiger partial charge is 0.344 e. The number of urea groups is 1.